The van der Waals surface area contributed by atoms with E-state index in [4.69, 9.17) is 5.73 Å². The molecule has 7 heteroatoms. The minimum Gasteiger partial charge on any atom is -0.350 e. The molecule has 0 radical (unpaired) electrons. The van der Waals surface area contributed by atoms with Crippen LogP contribution in [0.1, 0.15) is 19.5 Å². The molecule has 0 saturated heterocycles. The minimum absolute atomic E-state index is 0.0519. The molecule has 0 fully saturated rings. The van der Waals surface area contributed by atoms with E-state index in [0.717, 1.165) is 12.3 Å². The predicted octanol–water partition coefficient (Wildman–Crippen LogP) is 1.89. The molecule has 1 unspecified atom stereocenters. The molecular weight excluding hydrogens is 233 g/mol. The van der Waals surface area contributed by atoms with Crippen LogP contribution < -0.4 is 11.1 Å². The van der Waals surface area contributed by atoms with Gasteiger partial charge in [-0.05, 0) is 12.0 Å². The first kappa shape index (κ1) is 13.7. The Hall–Kier alpha value is -1.37. The van der Waals surface area contributed by atoms with Gasteiger partial charge in [0.15, 0.2) is 0 Å². The second kappa shape index (κ2) is 5.31. The molecule has 1 aromatic heterocycles. The zero-order valence-electron chi connectivity index (χ0n) is 9.62. The van der Waals surface area contributed by atoms with Gasteiger partial charge in [-0.2, -0.15) is 13.2 Å². The van der Waals surface area contributed by atoms with Crippen molar-refractivity contribution < 1.29 is 13.2 Å². The van der Waals surface area contributed by atoms with Gasteiger partial charge in [0.2, 0.25) is 5.95 Å². The highest BCUT2D eigenvalue weighted by molar-refractivity contribution is 5.28. The number of rotatable bonds is 4. The number of hydrogen-bond donors (Lipinski definition) is 2. The molecular formula is C10H15F3N4. The highest BCUT2D eigenvalue weighted by Gasteiger charge is 2.32. The van der Waals surface area contributed by atoms with E-state index in [9.17, 15) is 13.2 Å². The first-order valence-corrected chi connectivity index (χ1v) is 5.21. The van der Waals surface area contributed by atoms with Crippen molar-refractivity contribution in [3.8, 4) is 0 Å². The molecule has 0 bridgehead atoms. The lowest BCUT2D eigenvalue weighted by Crippen LogP contribution is -2.34. The van der Waals surface area contributed by atoms with Crippen molar-refractivity contribution in [2.24, 2.45) is 11.7 Å². The van der Waals surface area contributed by atoms with Crippen LogP contribution in [0.3, 0.4) is 0 Å². The summed E-state index contributed by atoms with van der Waals surface area (Å²) in [5.41, 5.74) is 4.54. The van der Waals surface area contributed by atoms with Gasteiger partial charge in [-0.3, -0.25) is 0 Å². The number of aromatic nitrogens is 2. The molecule has 0 aliphatic heterocycles. The summed E-state index contributed by atoms with van der Waals surface area (Å²) in [6.45, 7) is 4.13. The fourth-order valence-corrected chi connectivity index (χ4v) is 1.25. The maximum atomic E-state index is 12.4. The fourth-order valence-electron chi connectivity index (χ4n) is 1.25. The molecule has 0 spiro atoms. The van der Waals surface area contributed by atoms with Gasteiger partial charge in [0.1, 0.15) is 5.69 Å². The van der Waals surface area contributed by atoms with Gasteiger partial charge in [0.25, 0.3) is 0 Å². The summed E-state index contributed by atoms with van der Waals surface area (Å²) in [5, 5.41) is 2.79. The Morgan fingerprint density at radius 2 is 2.06 bits per heavy atom. The summed E-state index contributed by atoms with van der Waals surface area (Å²) in [7, 11) is 0. The van der Waals surface area contributed by atoms with Crippen LogP contribution in [0, 0.1) is 5.92 Å². The van der Waals surface area contributed by atoms with Crippen molar-refractivity contribution in [3.05, 3.63) is 18.0 Å². The number of nitrogens with two attached hydrogens (primary N) is 1. The Bertz CT molecular complexity index is 365. The minimum atomic E-state index is -4.46. The third kappa shape index (κ3) is 3.85. The maximum absolute atomic E-state index is 12.4. The number of alkyl halides is 3. The summed E-state index contributed by atoms with van der Waals surface area (Å²) in [4.78, 5) is 7.16. The molecule has 17 heavy (non-hydrogen) atoms. The average molecular weight is 248 g/mol. The first-order chi connectivity index (χ1) is 7.84. The lowest BCUT2D eigenvalue weighted by molar-refractivity contribution is -0.141. The number of nitrogens with zero attached hydrogens (tertiary/aromatic N) is 2. The highest BCUT2D eigenvalue weighted by atomic mass is 19.4. The lowest BCUT2D eigenvalue weighted by atomic mass is 10.1. The van der Waals surface area contributed by atoms with Crippen LogP contribution in [0.15, 0.2) is 12.3 Å². The maximum Gasteiger partial charge on any atom is 0.433 e. The van der Waals surface area contributed by atoms with Gasteiger partial charge in [0, 0.05) is 18.8 Å². The Kier molecular flexibility index (Phi) is 4.28. The smallest absolute Gasteiger partial charge is 0.350 e. The molecule has 0 aromatic carbocycles. The van der Waals surface area contributed by atoms with E-state index in [-0.39, 0.29) is 17.9 Å². The van der Waals surface area contributed by atoms with Gasteiger partial charge in [0.05, 0.1) is 0 Å². The number of nitrogens with one attached hydrogen (secondary N) is 1. The molecule has 96 valence electrons. The molecule has 0 aliphatic carbocycles. The molecule has 1 heterocycles. The Morgan fingerprint density at radius 1 is 1.41 bits per heavy atom. The summed E-state index contributed by atoms with van der Waals surface area (Å²) >= 11 is 0. The quantitative estimate of drug-likeness (QED) is 0.854. The van der Waals surface area contributed by atoms with Crippen molar-refractivity contribution in [1.82, 2.24) is 9.97 Å². The van der Waals surface area contributed by atoms with Crippen molar-refractivity contribution in [2.75, 3.05) is 11.9 Å². The van der Waals surface area contributed by atoms with E-state index in [1.54, 1.807) is 0 Å². The number of anilines is 1. The summed E-state index contributed by atoms with van der Waals surface area (Å²) < 4.78 is 37.2. The van der Waals surface area contributed by atoms with Gasteiger partial charge >= 0.3 is 6.18 Å². The standard InChI is InChI=1S/C10H15F3N4/c1-6(2)7(5-14)16-9-15-4-3-8(17-9)10(11,12)13/h3-4,6-7H,5,14H2,1-2H3,(H,15,16,17). The topological polar surface area (TPSA) is 63.8 Å². The molecule has 3 N–H and O–H groups in total. The molecule has 0 saturated carbocycles. The van der Waals surface area contributed by atoms with Crippen molar-refractivity contribution in [1.29, 1.82) is 0 Å². The van der Waals surface area contributed by atoms with Crippen LogP contribution in [0.5, 0.6) is 0 Å². The predicted molar refractivity (Wildman–Crippen MR) is 58.3 cm³/mol. The van der Waals surface area contributed by atoms with E-state index >= 15 is 0 Å². The van der Waals surface area contributed by atoms with Gasteiger partial charge in [-0.25, -0.2) is 9.97 Å². The summed E-state index contributed by atoms with van der Waals surface area (Å²) in [6, 6.07) is 0.677. The fraction of sp³-hybridized carbons (Fsp3) is 0.600. The molecule has 1 aromatic rings. The molecule has 1 rings (SSSR count). The number of hydrogen-bond acceptors (Lipinski definition) is 4. The lowest BCUT2D eigenvalue weighted by Gasteiger charge is -2.20. The van der Waals surface area contributed by atoms with Crippen LogP contribution in [0.2, 0.25) is 0 Å². The highest BCUT2D eigenvalue weighted by Crippen LogP contribution is 2.27. The van der Waals surface area contributed by atoms with Gasteiger partial charge in [-0.15, -0.1) is 0 Å². The first-order valence-electron chi connectivity index (χ1n) is 5.21. The zero-order chi connectivity index (χ0) is 13.1. The van der Waals surface area contributed by atoms with Gasteiger partial charge in [-0.1, -0.05) is 13.8 Å². The SMILES string of the molecule is CC(C)C(CN)Nc1nccc(C(F)(F)F)n1. The molecule has 1 atom stereocenters. The average Bonchev–Trinajstić information content (AvgIpc) is 2.24. The normalized spacial score (nSPS) is 13.8. The zero-order valence-corrected chi connectivity index (χ0v) is 9.62. The van der Waals surface area contributed by atoms with E-state index in [0.29, 0.717) is 6.54 Å². The van der Waals surface area contributed by atoms with Crippen LogP contribution in [0.25, 0.3) is 0 Å². The second-order valence-corrected chi connectivity index (χ2v) is 3.99. The largest absolute Gasteiger partial charge is 0.433 e. The van der Waals surface area contributed by atoms with Crippen LogP contribution in [0.4, 0.5) is 19.1 Å². The summed E-state index contributed by atoms with van der Waals surface area (Å²) in [6.07, 6.45) is -3.39. The third-order valence-corrected chi connectivity index (χ3v) is 2.32. The van der Waals surface area contributed by atoms with Crippen LogP contribution in [-0.2, 0) is 6.18 Å². The van der Waals surface area contributed by atoms with E-state index in [1.165, 1.54) is 0 Å². The Balaban J connectivity index is 2.85. The Labute approximate surface area is 97.4 Å². The van der Waals surface area contributed by atoms with E-state index in [1.807, 2.05) is 13.8 Å². The number of halogens is 3. The van der Waals surface area contributed by atoms with Crippen molar-refractivity contribution >= 4 is 5.95 Å². The van der Waals surface area contributed by atoms with E-state index in [2.05, 4.69) is 15.3 Å². The van der Waals surface area contributed by atoms with E-state index < -0.39 is 11.9 Å². The van der Waals surface area contributed by atoms with Crippen LogP contribution >= 0.6 is 0 Å². The molecule has 4 nitrogen and oxygen atoms in total. The monoisotopic (exact) mass is 248 g/mol. The molecule has 0 aliphatic rings. The third-order valence-electron chi connectivity index (χ3n) is 2.32. The van der Waals surface area contributed by atoms with Crippen LogP contribution in [-0.4, -0.2) is 22.6 Å². The summed E-state index contributed by atoms with van der Waals surface area (Å²) in [5.74, 6) is 0.127. The molecule has 0 amide bonds. The van der Waals surface area contributed by atoms with Gasteiger partial charge < -0.3 is 11.1 Å². The van der Waals surface area contributed by atoms with Crippen molar-refractivity contribution in [2.45, 2.75) is 26.1 Å². The Morgan fingerprint density at radius 3 is 2.53 bits per heavy atom. The second-order valence-electron chi connectivity index (χ2n) is 3.99. The van der Waals surface area contributed by atoms with Crippen molar-refractivity contribution in [3.63, 3.8) is 0 Å².